The molecule has 2 aliphatic rings. The van der Waals surface area contributed by atoms with E-state index in [2.05, 4.69) is 30.7 Å². The Hall–Kier alpha value is -3.35. The van der Waals surface area contributed by atoms with Gasteiger partial charge in [0.15, 0.2) is 0 Å². The van der Waals surface area contributed by atoms with Crippen LogP contribution in [0.4, 0.5) is 13.2 Å². The summed E-state index contributed by atoms with van der Waals surface area (Å²) in [4.78, 5) is 3.98. The number of benzene rings is 1. The first-order chi connectivity index (χ1) is 18.7. The van der Waals surface area contributed by atoms with Gasteiger partial charge in [-0.15, -0.1) is 10.2 Å². The van der Waals surface area contributed by atoms with Gasteiger partial charge in [-0.1, -0.05) is 24.6 Å². The summed E-state index contributed by atoms with van der Waals surface area (Å²) in [5.74, 6) is 1.32. The minimum atomic E-state index is -4.64. The molecule has 0 amide bonds. The van der Waals surface area contributed by atoms with Crippen molar-refractivity contribution in [1.29, 1.82) is 0 Å². The highest BCUT2D eigenvalue weighted by Crippen LogP contribution is 2.44. The highest BCUT2D eigenvalue weighted by atomic mass is 19.4. The lowest BCUT2D eigenvalue weighted by atomic mass is 9.72. The van der Waals surface area contributed by atoms with Crippen LogP contribution in [0.2, 0.25) is 0 Å². The SMILES string of the molecule is C[C@@H](N[C@@H]1COC[C@@H]1O)c1nc(C(F)(F)F)cc2c(-c3cccc([C@H](c4nncn4C)C4CCC4)c3)n[nH]c12. The van der Waals surface area contributed by atoms with Crippen LogP contribution < -0.4 is 5.32 Å². The summed E-state index contributed by atoms with van der Waals surface area (Å²) in [6, 6.07) is 7.83. The number of pyridine rings is 1. The number of nitrogens with zero attached hydrogens (tertiary/aromatic N) is 5. The van der Waals surface area contributed by atoms with Crippen molar-refractivity contribution in [2.45, 2.75) is 56.5 Å². The van der Waals surface area contributed by atoms with E-state index in [0.717, 1.165) is 36.7 Å². The Morgan fingerprint density at radius 1 is 1.21 bits per heavy atom. The van der Waals surface area contributed by atoms with Crippen molar-refractivity contribution < 1.29 is 23.0 Å². The van der Waals surface area contributed by atoms with Gasteiger partial charge in [0.05, 0.1) is 36.6 Å². The minimum Gasteiger partial charge on any atom is -0.389 e. The molecule has 206 valence electrons. The highest BCUT2D eigenvalue weighted by molar-refractivity contribution is 5.94. The third-order valence-electron chi connectivity index (χ3n) is 7.96. The Balaban J connectivity index is 1.43. The van der Waals surface area contributed by atoms with Crippen LogP contribution in [0.1, 0.15) is 60.9 Å². The molecule has 1 saturated heterocycles. The average Bonchev–Trinajstić information content (AvgIpc) is 3.60. The van der Waals surface area contributed by atoms with Crippen LogP contribution in [0.15, 0.2) is 36.7 Å². The number of halogens is 3. The number of ether oxygens (including phenoxy) is 1. The van der Waals surface area contributed by atoms with Gasteiger partial charge in [-0.05, 0) is 43.4 Å². The van der Waals surface area contributed by atoms with Gasteiger partial charge in [-0.25, -0.2) is 4.98 Å². The van der Waals surface area contributed by atoms with E-state index in [1.165, 1.54) is 0 Å². The number of aryl methyl sites for hydroxylation is 1. The van der Waals surface area contributed by atoms with E-state index in [1.54, 1.807) is 13.3 Å². The van der Waals surface area contributed by atoms with Gasteiger partial charge in [-0.2, -0.15) is 18.3 Å². The van der Waals surface area contributed by atoms with Gasteiger partial charge >= 0.3 is 6.18 Å². The summed E-state index contributed by atoms with van der Waals surface area (Å²) >= 11 is 0. The molecule has 12 heteroatoms. The Morgan fingerprint density at radius 2 is 2.03 bits per heavy atom. The van der Waals surface area contributed by atoms with E-state index < -0.39 is 30.1 Å². The maximum atomic E-state index is 14.0. The molecule has 0 unspecified atom stereocenters. The molecule has 0 bridgehead atoms. The second kappa shape index (κ2) is 10.00. The Labute approximate surface area is 222 Å². The first-order valence-electron chi connectivity index (χ1n) is 13.1. The lowest BCUT2D eigenvalue weighted by molar-refractivity contribution is -0.141. The predicted molar refractivity (Wildman–Crippen MR) is 137 cm³/mol. The molecule has 3 N–H and O–H groups in total. The summed E-state index contributed by atoms with van der Waals surface area (Å²) < 4.78 is 49.1. The second-order valence-corrected chi connectivity index (χ2v) is 10.6. The topological polar surface area (TPSA) is 114 Å². The third kappa shape index (κ3) is 4.81. The van der Waals surface area contributed by atoms with Crippen molar-refractivity contribution in [2.75, 3.05) is 13.2 Å². The summed E-state index contributed by atoms with van der Waals surface area (Å²) in [5, 5.41) is 29.5. The summed E-state index contributed by atoms with van der Waals surface area (Å²) in [5.41, 5.74) is 1.76. The number of aliphatic hydroxyl groups excluding tert-OH is 1. The summed E-state index contributed by atoms with van der Waals surface area (Å²) in [6.45, 7) is 2.16. The van der Waals surface area contributed by atoms with Crippen LogP contribution in [0.3, 0.4) is 0 Å². The lowest BCUT2D eigenvalue weighted by Crippen LogP contribution is -2.40. The standard InChI is InChI=1S/C27H30F3N7O2/c1-14(32-19-11-39-12-20(19)38)23-25-18(10-21(33-23)27(28,29)30)24(34-35-25)17-8-4-7-16(9-17)22(15-5-3-6-15)26-36-31-13-37(26)2/h4,7-10,13-15,19-20,22,32,38H,3,5-6,11-12H2,1-2H3,(H,34,35)/t14-,19-,20+,22-/m1/s1. The number of aromatic amines is 1. The lowest BCUT2D eigenvalue weighted by Gasteiger charge is -2.33. The van der Waals surface area contributed by atoms with Gasteiger partial charge in [0.2, 0.25) is 0 Å². The van der Waals surface area contributed by atoms with Gasteiger partial charge in [0, 0.05) is 30.0 Å². The molecule has 4 aromatic rings. The van der Waals surface area contributed by atoms with Gasteiger partial charge in [-0.3, -0.25) is 5.10 Å². The molecule has 39 heavy (non-hydrogen) atoms. The zero-order valence-corrected chi connectivity index (χ0v) is 21.6. The number of aromatic nitrogens is 6. The molecule has 1 aliphatic heterocycles. The normalized spacial score (nSPS) is 21.8. The Bertz CT molecular complexity index is 1480. The Morgan fingerprint density at radius 3 is 2.67 bits per heavy atom. The van der Waals surface area contributed by atoms with Crippen LogP contribution in [0, 0.1) is 5.92 Å². The fraction of sp³-hybridized carbons (Fsp3) is 0.481. The van der Waals surface area contributed by atoms with E-state index in [4.69, 9.17) is 4.74 Å². The molecular formula is C27H30F3N7O2. The summed E-state index contributed by atoms with van der Waals surface area (Å²) in [6.07, 6.45) is -0.368. The van der Waals surface area contributed by atoms with Crippen LogP contribution in [-0.2, 0) is 18.0 Å². The second-order valence-electron chi connectivity index (χ2n) is 10.6. The number of nitrogens with one attached hydrogen (secondary N) is 2. The largest absolute Gasteiger partial charge is 0.433 e. The average molecular weight is 542 g/mol. The van der Waals surface area contributed by atoms with E-state index in [0.29, 0.717) is 28.1 Å². The number of alkyl halides is 3. The third-order valence-corrected chi connectivity index (χ3v) is 7.96. The molecule has 1 saturated carbocycles. The molecule has 9 nitrogen and oxygen atoms in total. The zero-order chi connectivity index (χ0) is 27.3. The predicted octanol–water partition coefficient (Wildman–Crippen LogP) is 4.11. The zero-order valence-electron chi connectivity index (χ0n) is 21.6. The molecular weight excluding hydrogens is 511 g/mol. The van der Waals surface area contributed by atoms with E-state index in [1.807, 2.05) is 35.9 Å². The van der Waals surface area contributed by atoms with Crippen LogP contribution in [0.5, 0.6) is 0 Å². The molecule has 1 aromatic carbocycles. The van der Waals surface area contributed by atoms with E-state index in [9.17, 15) is 18.3 Å². The number of H-pyrrole nitrogens is 1. The molecule has 3 aromatic heterocycles. The first kappa shape index (κ1) is 25.9. The fourth-order valence-electron chi connectivity index (χ4n) is 5.68. The van der Waals surface area contributed by atoms with E-state index >= 15 is 0 Å². The minimum absolute atomic E-state index is 0.0312. The molecule has 0 spiro atoms. The van der Waals surface area contributed by atoms with Crippen molar-refractivity contribution in [1.82, 2.24) is 35.3 Å². The van der Waals surface area contributed by atoms with Crippen molar-refractivity contribution in [3.05, 3.63) is 59.4 Å². The number of hydrogen-bond acceptors (Lipinski definition) is 7. The quantitative estimate of drug-likeness (QED) is 0.323. The molecule has 4 heterocycles. The van der Waals surface area contributed by atoms with Gasteiger partial charge in [0.25, 0.3) is 0 Å². The maximum absolute atomic E-state index is 14.0. The number of rotatable bonds is 7. The van der Waals surface area contributed by atoms with Crippen LogP contribution in [-0.4, -0.2) is 60.4 Å². The molecule has 6 rings (SSSR count). The van der Waals surface area contributed by atoms with Crippen LogP contribution >= 0.6 is 0 Å². The van der Waals surface area contributed by atoms with Crippen molar-refractivity contribution >= 4 is 10.9 Å². The highest BCUT2D eigenvalue weighted by Gasteiger charge is 2.36. The van der Waals surface area contributed by atoms with Crippen molar-refractivity contribution in [3.63, 3.8) is 0 Å². The number of fused-ring (bicyclic) bond motifs is 1. The van der Waals surface area contributed by atoms with Crippen LogP contribution in [0.25, 0.3) is 22.2 Å². The molecule has 4 atom stereocenters. The number of aliphatic hydroxyl groups is 1. The van der Waals surface area contributed by atoms with Crippen molar-refractivity contribution in [3.8, 4) is 11.3 Å². The molecule has 1 aliphatic carbocycles. The fourth-order valence-corrected chi connectivity index (χ4v) is 5.68. The maximum Gasteiger partial charge on any atom is 0.433 e. The van der Waals surface area contributed by atoms with Gasteiger partial charge < -0.3 is 19.7 Å². The van der Waals surface area contributed by atoms with Gasteiger partial charge in [0.1, 0.15) is 23.5 Å². The first-order valence-corrected chi connectivity index (χ1v) is 13.1. The monoisotopic (exact) mass is 541 g/mol. The summed E-state index contributed by atoms with van der Waals surface area (Å²) in [7, 11) is 1.92. The molecule has 0 radical (unpaired) electrons. The smallest absolute Gasteiger partial charge is 0.389 e. The Kier molecular flexibility index (Phi) is 6.64. The van der Waals surface area contributed by atoms with E-state index in [-0.39, 0.29) is 24.8 Å². The number of hydrogen-bond donors (Lipinski definition) is 3. The van der Waals surface area contributed by atoms with Crippen molar-refractivity contribution in [2.24, 2.45) is 13.0 Å². The molecule has 2 fully saturated rings.